The first-order valence-corrected chi connectivity index (χ1v) is 7.73. The first-order chi connectivity index (χ1) is 9.58. The van der Waals surface area contributed by atoms with Gasteiger partial charge in [0.05, 0.1) is 4.47 Å². The molecule has 4 nitrogen and oxygen atoms in total. The summed E-state index contributed by atoms with van der Waals surface area (Å²) in [5, 5.41) is 3.35. The van der Waals surface area contributed by atoms with Crippen molar-refractivity contribution in [1.82, 2.24) is 10.2 Å². The fourth-order valence-corrected chi connectivity index (χ4v) is 2.15. The molecule has 1 amide bonds. The van der Waals surface area contributed by atoms with Crippen molar-refractivity contribution < 1.29 is 9.53 Å². The molecule has 0 bridgehead atoms. The number of nitrogens with zero attached hydrogens (tertiary/aromatic N) is 1. The second-order valence-electron chi connectivity index (χ2n) is 4.64. The highest BCUT2D eigenvalue weighted by atomic mass is 79.9. The van der Waals surface area contributed by atoms with Crippen molar-refractivity contribution in [2.45, 2.75) is 26.8 Å². The fourth-order valence-electron chi connectivity index (χ4n) is 1.61. The van der Waals surface area contributed by atoms with E-state index < -0.39 is 0 Å². The molecular weight excluding hydrogens is 320 g/mol. The van der Waals surface area contributed by atoms with Gasteiger partial charge in [-0.25, -0.2) is 0 Å². The van der Waals surface area contributed by atoms with Gasteiger partial charge in [0.1, 0.15) is 5.75 Å². The van der Waals surface area contributed by atoms with Crippen LogP contribution in [0.3, 0.4) is 0 Å². The van der Waals surface area contributed by atoms with E-state index in [9.17, 15) is 4.79 Å². The van der Waals surface area contributed by atoms with Crippen LogP contribution < -0.4 is 10.1 Å². The van der Waals surface area contributed by atoms with Crippen LogP contribution in [0.2, 0.25) is 0 Å². The number of carbonyl (C=O) groups excluding carboxylic acids is 1. The summed E-state index contributed by atoms with van der Waals surface area (Å²) in [7, 11) is 1.77. The van der Waals surface area contributed by atoms with Crippen molar-refractivity contribution in [2.75, 3.05) is 26.7 Å². The highest BCUT2D eigenvalue weighted by Crippen LogP contribution is 2.26. The topological polar surface area (TPSA) is 41.6 Å². The van der Waals surface area contributed by atoms with Crippen molar-refractivity contribution in [3.8, 4) is 5.75 Å². The Balaban J connectivity index is 2.53. The molecule has 1 aromatic carbocycles. The van der Waals surface area contributed by atoms with E-state index in [4.69, 9.17) is 4.74 Å². The SMILES string of the molecule is CCCNCc1ccc(OCC(=O)N(C)CC)c(Br)c1. The Morgan fingerprint density at radius 3 is 2.75 bits per heavy atom. The van der Waals surface area contributed by atoms with E-state index in [1.165, 1.54) is 5.56 Å². The van der Waals surface area contributed by atoms with Gasteiger partial charge in [0.2, 0.25) is 0 Å². The maximum Gasteiger partial charge on any atom is 0.260 e. The molecule has 0 aromatic heterocycles. The van der Waals surface area contributed by atoms with Crippen LogP contribution in [0.1, 0.15) is 25.8 Å². The number of likely N-dealkylation sites (N-methyl/N-ethyl adjacent to an activating group) is 1. The largest absolute Gasteiger partial charge is 0.483 e. The van der Waals surface area contributed by atoms with Crippen LogP contribution in [-0.2, 0) is 11.3 Å². The molecule has 1 aromatic rings. The third-order valence-electron chi connectivity index (χ3n) is 3.00. The quantitative estimate of drug-likeness (QED) is 0.738. The molecule has 0 saturated heterocycles. The predicted molar refractivity (Wildman–Crippen MR) is 84.9 cm³/mol. The Bertz CT molecular complexity index is 438. The van der Waals surface area contributed by atoms with E-state index in [0.29, 0.717) is 12.3 Å². The minimum absolute atomic E-state index is 0.0203. The van der Waals surface area contributed by atoms with Crippen molar-refractivity contribution in [1.29, 1.82) is 0 Å². The zero-order valence-corrected chi connectivity index (χ0v) is 14.0. The third kappa shape index (κ3) is 5.51. The Morgan fingerprint density at radius 1 is 1.40 bits per heavy atom. The molecule has 0 atom stereocenters. The predicted octanol–water partition coefficient (Wildman–Crippen LogP) is 2.81. The summed E-state index contributed by atoms with van der Waals surface area (Å²) in [5.74, 6) is 0.676. The molecule has 5 heteroatoms. The van der Waals surface area contributed by atoms with Crippen LogP contribution >= 0.6 is 15.9 Å². The average molecular weight is 343 g/mol. The molecule has 0 spiro atoms. The minimum Gasteiger partial charge on any atom is -0.483 e. The highest BCUT2D eigenvalue weighted by Gasteiger charge is 2.09. The van der Waals surface area contributed by atoms with Crippen LogP contribution in [0.4, 0.5) is 0 Å². The van der Waals surface area contributed by atoms with Gasteiger partial charge in [0.25, 0.3) is 5.91 Å². The van der Waals surface area contributed by atoms with E-state index in [1.54, 1.807) is 11.9 Å². The second kappa shape index (κ2) is 8.97. The monoisotopic (exact) mass is 342 g/mol. The lowest BCUT2D eigenvalue weighted by atomic mass is 10.2. The lowest BCUT2D eigenvalue weighted by Gasteiger charge is -2.15. The van der Waals surface area contributed by atoms with Gasteiger partial charge in [-0.3, -0.25) is 4.79 Å². The Labute approximate surface area is 129 Å². The number of ether oxygens (including phenoxy) is 1. The molecule has 20 heavy (non-hydrogen) atoms. The number of nitrogens with one attached hydrogen (secondary N) is 1. The summed E-state index contributed by atoms with van der Waals surface area (Å²) in [6.45, 7) is 6.68. The van der Waals surface area contributed by atoms with Gasteiger partial charge in [-0.05, 0) is 53.5 Å². The molecule has 1 rings (SSSR count). The maximum atomic E-state index is 11.7. The third-order valence-corrected chi connectivity index (χ3v) is 3.62. The van der Waals surface area contributed by atoms with Gasteiger partial charge < -0.3 is 15.0 Å². The number of carbonyl (C=O) groups is 1. The molecule has 0 heterocycles. The van der Waals surface area contributed by atoms with Crippen LogP contribution in [0, 0.1) is 0 Å². The first-order valence-electron chi connectivity index (χ1n) is 6.94. The molecule has 0 unspecified atom stereocenters. The molecule has 112 valence electrons. The lowest BCUT2D eigenvalue weighted by Crippen LogP contribution is -2.31. The number of halogens is 1. The van der Waals surface area contributed by atoms with Crippen molar-refractivity contribution in [2.24, 2.45) is 0 Å². The van der Waals surface area contributed by atoms with Crippen molar-refractivity contribution >= 4 is 21.8 Å². The zero-order valence-electron chi connectivity index (χ0n) is 12.4. The number of rotatable bonds is 8. The van der Waals surface area contributed by atoms with Crippen LogP contribution in [0.25, 0.3) is 0 Å². The number of amides is 1. The van der Waals surface area contributed by atoms with E-state index in [0.717, 1.165) is 24.0 Å². The number of benzene rings is 1. The highest BCUT2D eigenvalue weighted by molar-refractivity contribution is 9.10. The molecular formula is C15H23BrN2O2. The standard InChI is InChI=1S/C15H23BrN2O2/c1-4-8-17-10-12-6-7-14(13(16)9-12)20-11-15(19)18(3)5-2/h6-7,9,17H,4-5,8,10-11H2,1-3H3. The molecule has 0 fully saturated rings. The zero-order chi connectivity index (χ0) is 15.0. The Kier molecular flexibility index (Phi) is 7.62. The fraction of sp³-hybridized carbons (Fsp3) is 0.533. The molecule has 1 N–H and O–H groups in total. The van der Waals surface area contributed by atoms with Crippen LogP contribution in [-0.4, -0.2) is 37.6 Å². The Hall–Kier alpha value is -1.07. The Morgan fingerprint density at radius 2 is 2.15 bits per heavy atom. The van der Waals surface area contributed by atoms with Crippen molar-refractivity contribution in [3.05, 3.63) is 28.2 Å². The summed E-state index contributed by atoms with van der Waals surface area (Å²) >= 11 is 3.48. The molecule has 0 aliphatic rings. The smallest absolute Gasteiger partial charge is 0.260 e. The molecule has 0 aliphatic carbocycles. The van der Waals surface area contributed by atoms with Gasteiger partial charge in [-0.2, -0.15) is 0 Å². The first kappa shape index (κ1) is 17.0. The summed E-state index contributed by atoms with van der Waals surface area (Å²) < 4.78 is 6.42. The summed E-state index contributed by atoms with van der Waals surface area (Å²) in [4.78, 5) is 13.3. The van der Waals surface area contributed by atoms with Crippen LogP contribution in [0.5, 0.6) is 5.75 Å². The summed E-state index contributed by atoms with van der Waals surface area (Å²) in [5.41, 5.74) is 1.19. The van der Waals surface area contributed by atoms with Gasteiger partial charge in [-0.1, -0.05) is 13.0 Å². The molecule has 0 aliphatic heterocycles. The van der Waals surface area contributed by atoms with Crippen LogP contribution in [0.15, 0.2) is 22.7 Å². The van der Waals surface area contributed by atoms with E-state index >= 15 is 0 Å². The second-order valence-corrected chi connectivity index (χ2v) is 5.49. The van der Waals surface area contributed by atoms with Gasteiger partial charge in [0, 0.05) is 20.1 Å². The summed E-state index contributed by atoms with van der Waals surface area (Å²) in [6.07, 6.45) is 1.12. The molecule has 0 radical (unpaired) electrons. The van der Waals surface area contributed by atoms with E-state index in [1.807, 2.05) is 25.1 Å². The number of hydrogen-bond donors (Lipinski definition) is 1. The van der Waals surface area contributed by atoms with Crippen molar-refractivity contribution in [3.63, 3.8) is 0 Å². The average Bonchev–Trinajstić information content (AvgIpc) is 2.45. The summed E-state index contributed by atoms with van der Waals surface area (Å²) in [6, 6.07) is 5.93. The number of hydrogen-bond acceptors (Lipinski definition) is 3. The lowest BCUT2D eigenvalue weighted by molar-refractivity contribution is -0.131. The van der Waals surface area contributed by atoms with Gasteiger partial charge in [-0.15, -0.1) is 0 Å². The van der Waals surface area contributed by atoms with E-state index in [-0.39, 0.29) is 12.5 Å². The van der Waals surface area contributed by atoms with E-state index in [2.05, 4.69) is 28.2 Å². The van der Waals surface area contributed by atoms with Gasteiger partial charge in [0.15, 0.2) is 6.61 Å². The minimum atomic E-state index is -0.0203. The molecule has 0 saturated carbocycles. The normalized spacial score (nSPS) is 10.4. The van der Waals surface area contributed by atoms with Gasteiger partial charge >= 0.3 is 0 Å². The maximum absolute atomic E-state index is 11.7.